The molecule has 0 aliphatic carbocycles. The lowest BCUT2D eigenvalue weighted by molar-refractivity contribution is 0.313. The minimum Gasteiger partial charge on any atom is -0.493 e. The van der Waals surface area contributed by atoms with Crippen molar-refractivity contribution in [3.63, 3.8) is 0 Å². The third kappa shape index (κ3) is 3.77. The average Bonchev–Trinajstić information content (AvgIpc) is 2.65. The van der Waals surface area contributed by atoms with E-state index in [9.17, 15) is 0 Å². The SMILES string of the molecule is CCCOc1ccc2ccccc2c1CN[C@@H](C)c1ccccc1. The summed E-state index contributed by atoms with van der Waals surface area (Å²) >= 11 is 0. The van der Waals surface area contributed by atoms with E-state index in [4.69, 9.17) is 4.74 Å². The zero-order valence-corrected chi connectivity index (χ0v) is 14.5. The van der Waals surface area contributed by atoms with Gasteiger partial charge in [-0.2, -0.15) is 0 Å². The summed E-state index contributed by atoms with van der Waals surface area (Å²) in [5.74, 6) is 0.989. The maximum absolute atomic E-state index is 5.99. The van der Waals surface area contributed by atoms with E-state index in [1.54, 1.807) is 0 Å². The van der Waals surface area contributed by atoms with Crippen LogP contribution in [-0.4, -0.2) is 6.61 Å². The summed E-state index contributed by atoms with van der Waals surface area (Å²) < 4.78 is 5.99. The monoisotopic (exact) mass is 319 g/mol. The van der Waals surface area contributed by atoms with Crippen LogP contribution in [-0.2, 0) is 6.54 Å². The van der Waals surface area contributed by atoms with Gasteiger partial charge >= 0.3 is 0 Å². The van der Waals surface area contributed by atoms with Gasteiger partial charge in [0.1, 0.15) is 5.75 Å². The molecule has 0 unspecified atom stereocenters. The summed E-state index contributed by atoms with van der Waals surface area (Å²) in [6.07, 6.45) is 1.01. The molecule has 0 radical (unpaired) electrons. The first kappa shape index (κ1) is 16.5. The Hall–Kier alpha value is -2.32. The highest BCUT2D eigenvalue weighted by Crippen LogP contribution is 2.29. The molecule has 3 aromatic rings. The summed E-state index contributed by atoms with van der Waals surface area (Å²) in [4.78, 5) is 0. The van der Waals surface area contributed by atoms with Crippen molar-refractivity contribution in [2.24, 2.45) is 0 Å². The molecule has 0 spiro atoms. The number of hydrogen-bond acceptors (Lipinski definition) is 2. The quantitative estimate of drug-likeness (QED) is 0.622. The van der Waals surface area contributed by atoms with Crippen molar-refractivity contribution in [3.05, 3.63) is 77.9 Å². The van der Waals surface area contributed by atoms with E-state index >= 15 is 0 Å². The average molecular weight is 319 g/mol. The first-order valence-electron chi connectivity index (χ1n) is 8.71. The molecule has 0 saturated carbocycles. The van der Waals surface area contributed by atoms with Crippen molar-refractivity contribution < 1.29 is 4.74 Å². The minimum atomic E-state index is 0.296. The molecule has 0 aromatic heterocycles. The maximum Gasteiger partial charge on any atom is 0.124 e. The van der Waals surface area contributed by atoms with Gasteiger partial charge in [0, 0.05) is 18.2 Å². The molecule has 24 heavy (non-hydrogen) atoms. The Balaban J connectivity index is 1.86. The fraction of sp³-hybridized carbons (Fsp3) is 0.273. The van der Waals surface area contributed by atoms with Gasteiger partial charge in [-0.05, 0) is 35.7 Å². The minimum absolute atomic E-state index is 0.296. The molecule has 3 rings (SSSR count). The van der Waals surface area contributed by atoms with E-state index in [1.165, 1.54) is 21.9 Å². The second kappa shape index (κ2) is 7.98. The molecule has 0 saturated heterocycles. The zero-order valence-electron chi connectivity index (χ0n) is 14.5. The Bertz CT molecular complexity index is 782. The molecule has 0 bridgehead atoms. The zero-order chi connectivity index (χ0) is 16.8. The van der Waals surface area contributed by atoms with Crippen LogP contribution < -0.4 is 10.1 Å². The van der Waals surface area contributed by atoms with Crippen LogP contribution in [0.2, 0.25) is 0 Å². The van der Waals surface area contributed by atoms with Gasteiger partial charge in [0.2, 0.25) is 0 Å². The normalized spacial score (nSPS) is 12.2. The van der Waals surface area contributed by atoms with Crippen molar-refractivity contribution in [2.75, 3.05) is 6.61 Å². The number of rotatable bonds is 7. The second-order valence-electron chi connectivity index (χ2n) is 6.13. The molecular formula is C22H25NO. The van der Waals surface area contributed by atoms with E-state index in [1.807, 2.05) is 0 Å². The number of nitrogens with one attached hydrogen (secondary N) is 1. The van der Waals surface area contributed by atoms with E-state index in [0.29, 0.717) is 6.04 Å². The Morgan fingerprint density at radius 2 is 1.67 bits per heavy atom. The highest BCUT2D eigenvalue weighted by molar-refractivity contribution is 5.87. The molecule has 2 nitrogen and oxygen atoms in total. The third-order valence-electron chi connectivity index (χ3n) is 4.34. The molecule has 1 N–H and O–H groups in total. The second-order valence-corrected chi connectivity index (χ2v) is 6.13. The van der Waals surface area contributed by atoms with Crippen LogP contribution in [0, 0.1) is 0 Å². The van der Waals surface area contributed by atoms with Crippen LogP contribution in [0.5, 0.6) is 5.75 Å². The molecule has 124 valence electrons. The molecule has 1 atom stereocenters. The topological polar surface area (TPSA) is 21.3 Å². The Labute approximate surface area is 144 Å². The molecule has 0 aliphatic heterocycles. The van der Waals surface area contributed by atoms with Crippen molar-refractivity contribution >= 4 is 10.8 Å². The van der Waals surface area contributed by atoms with Crippen LogP contribution in [0.15, 0.2) is 66.7 Å². The highest BCUT2D eigenvalue weighted by Gasteiger charge is 2.11. The lowest BCUT2D eigenvalue weighted by Gasteiger charge is -2.18. The largest absolute Gasteiger partial charge is 0.493 e. The first-order valence-corrected chi connectivity index (χ1v) is 8.71. The third-order valence-corrected chi connectivity index (χ3v) is 4.34. The predicted molar refractivity (Wildman–Crippen MR) is 101 cm³/mol. The van der Waals surface area contributed by atoms with Gasteiger partial charge in [-0.1, -0.05) is 67.6 Å². The Morgan fingerprint density at radius 1 is 0.917 bits per heavy atom. The summed E-state index contributed by atoms with van der Waals surface area (Å²) in [6.45, 7) is 5.87. The van der Waals surface area contributed by atoms with Gasteiger partial charge in [-0.15, -0.1) is 0 Å². The molecule has 2 heteroatoms. The molecule has 0 amide bonds. The number of ether oxygens (including phenoxy) is 1. The summed E-state index contributed by atoms with van der Waals surface area (Å²) in [7, 11) is 0. The smallest absolute Gasteiger partial charge is 0.124 e. The van der Waals surface area contributed by atoms with Gasteiger partial charge in [-0.25, -0.2) is 0 Å². The summed E-state index contributed by atoms with van der Waals surface area (Å²) in [5, 5.41) is 6.16. The predicted octanol–water partition coefficient (Wildman–Crippen LogP) is 5.48. The standard InChI is InChI=1S/C22H25NO/c1-3-15-24-22-14-13-19-11-7-8-12-20(19)21(22)16-23-17(2)18-9-5-4-6-10-18/h4-14,17,23H,3,15-16H2,1-2H3/t17-/m0/s1. The van der Waals surface area contributed by atoms with Crippen molar-refractivity contribution in [1.82, 2.24) is 5.32 Å². The summed E-state index contributed by atoms with van der Waals surface area (Å²) in [6, 6.07) is 23.6. The van der Waals surface area contributed by atoms with Gasteiger partial charge in [0.05, 0.1) is 6.61 Å². The fourth-order valence-corrected chi connectivity index (χ4v) is 2.96. The van der Waals surface area contributed by atoms with Gasteiger partial charge in [-0.3, -0.25) is 0 Å². The van der Waals surface area contributed by atoms with Gasteiger partial charge < -0.3 is 10.1 Å². The van der Waals surface area contributed by atoms with E-state index < -0.39 is 0 Å². The van der Waals surface area contributed by atoms with Crippen LogP contribution in [0.4, 0.5) is 0 Å². The number of fused-ring (bicyclic) bond motifs is 1. The lowest BCUT2D eigenvalue weighted by Crippen LogP contribution is -2.19. The van der Waals surface area contributed by atoms with Crippen LogP contribution in [0.1, 0.15) is 37.4 Å². The molecular weight excluding hydrogens is 294 g/mol. The van der Waals surface area contributed by atoms with E-state index in [2.05, 4.69) is 85.9 Å². The Kier molecular flexibility index (Phi) is 5.50. The number of hydrogen-bond donors (Lipinski definition) is 1. The van der Waals surface area contributed by atoms with Crippen molar-refractivity contribution in [1.29, 1.82) is 0 Å². The molecule has 0 aliphatic rings. The van der Waals surface area contributed by atoms with Crippen LogP contribution in [0.25, 0.3) is 10.8 Å². The van der Waals surface area contributed by atoms with E-state index in [-0.39, 0.29) is 0 Å². The van der Waals surface area contributed by atoms with Crippen LogP contribution >= 0.6 is 0 Å². The van der Waals surface area contributed by atoms with Gasteiger partial charge in [0.25, 0.3) is 0 Å². The fourth-order valence-electron chi connectivity index (χ4n) is 2.96. The van der Waals surface area contributed by atoms with E-state index in [0.717, 1.165) is 25.3 Å². The van der Waals surface area contributed by atoms with Gasteiger partial charge in [0.15, 0.2) is 0 Å². The maximum atomic E-state index is 5.99. The lowest BCUT2D eigenvalue weighted by atomic mass is 10.0. The van der Waals surface area contributed by atoms with Crippen LogP contribution in [0.3, 0.4) is 0 Å². The van der Waals surface area contributed by atoms with Crippen molar-refractivity contribution in [3.8, 4) is 5.75 Å². The Morgan fingerprint density at radius 3 is 2.46 bits per heavy atom. The first-order chi connectivity index (χ1) is 11.8. The molecule has 3 aromatic carbocycles. The molecule has 0 heterocycles. The van der Waals surface area contributed by atoms with Crippen molar-refractivity contribution in [2.45, 2.75) is 32.9 Å². The summed E-state index contributed by atoms with van der Waals surface area (Å²) in [5.41, 5.74) is 2.54. The number of benzene rings is 3. The molecule has 0 fully saturated rings. The highest BCUT2D eigenvalue weighted by atomic mass is 16.5.